The van der Waals surface area contributed by atoms with Gasteiger partial charge in [-0.1, -0.05) is 30.7 Å². The molecular weight excluding hydrogens is 248 g/mol. The van der Waals surface area contributed by atoms with E-state index in [4.69, 9.17) is 0 Å². The van der Waals surface area contributed by atoms with Crippen molar-refractivity contribution in [1.29, 1.82) is 0 Å². The van der Waals surface area contributed by atoms with E-state index in [0.717, 1.165) is 50.4 Å². The lowest BCUT2D eigenvalue weighted by Gasteiger charge is -2.33. The maximum absolute atomic E-state index is 12.3. The van der Waals surface area contributed by atoms with E-state index < -0.39 is 0 Å². The third kappa shape index (κ3) is 3.90. The van der Waals surface area contributed by atoms with Crippen molar-refractivity contribution in [3.05, 3.63) is 34.9 Å². The molecule has 0 spiro atoms. The first-order valence-electron chi connectivity index (χ1n) is 7.65. The maximum atomic E-state index is 12.3. The van der Waals surface area contributed by atoms with Crippen LogP contribution in [0.25, 0.3) is 0 Å². The first kappa shape index (κ1) is 15.2. The number of rotatable bonds is 5. The molecule has 1 heterocycles. The van der Waals surface area contributed by atoms with E-state index in [2.05, 4.69) is 29.7 Å². The van der Waals surface area contributed by atoms with Crippen LogP contribution in [0.2, 0.25) is 0 Å². The van der Waals surface area contributed by atoms with Gasteiger partial charge in [-0.3, -0.25) is 4.79 Å². The van der Waals surface area contributed by atoms with Gasteiger partial charge < -0.3 is 9.80 Å². The summed E-state index contributed by atoms with van der Waals surface area (Å²) in [7, 11) is 0. The predicted molar refractivity (Wildman–Crippen MR) is 83.4 cm³/mol. The van der Waals surface area contributed by atoms with Gasteiger partial charge in [0.05, 0.1) is 0 Å². The monoisotopic (exact) mass is 274 g/mol. The highest BCUT2D eigenvalue weighted by molar-refractivity contribution is 5.97. The van der Waals surface area contributed by atoms with Crippen LogP contribution in [0.4, 0.5) is 0 Å². The molecule has 20 heavy (non-hydrogen) atoms. The second-order valence-corrected chi connectivity index (χ2v) is 5.77. The summed E-state index contributed by atoms with van der Waals surface area (Å²) < 4.78 is 0. The van der Waals surface area contributed by atoms with Crippen LogP contribution in [0.15, 0.2) is 18.2 Å². The molecule has 0 aliphatic carbocycles. The Hall–Kier alpha value is -1.19. The third-order valence-corrected chi connectivity index (χ3v) is 4.25. The van der Waals surface area contributed by atoms with Crippen LogP contribution in [0.5, 0.6) is 0 Å². The van der Waals surface area contributed by atoms with Crippen molar-refractivity contribution in [3.63, 3.8) is 0 Å². The predicted octanol–water partition coefficient (Wildman–Crippen LogP) is 2.51. The molecule has 2 rings (SSSR count). The lowest BCUT2D eigenvalue weighted by molar-refractivity contribution is 0.0931. The van der Waals surface area contributed by atoms with Crippen molar-refractivity contribution in [2.45, 2.75) is 27.2 Å². The Balaban J connectivity index is 1.83. The molecule has 1 fully saturated rings. The first-order valence-corrected chi connectivity index (χ1v) is 7.65. The highest BCUT2D eigenvalue weighted by Crippen LogP contribution is 2.13. The van der Waals surface area contributed by atoms with Gasteiger partial charge in [0, 0.05) is 44.7 Å². The number of hydrogen-bond donors (Lipinski definition) is 0. The van der Waals surface area contributed by atoms with Crippen molar-refractivity contribution in [3.8, 4) is 0 Å². The van der Waals surface area contributed by atoms with Crippen molar-refractivity contribution in [2.24, 2.45) is 0 Å². The number of benzene rings is 1. The minimum atomic E-state index is 0.278. The van der Waals surface area contributed by atoms with Gasteiger partial charge in [-0.25, -0.2) is 0 Å². The van der Waals surface area contributed by atoms with Crippen LogP contribution in [-0.2, 0) is 0 Å². The molecular formula is C17H26N2O. The number of carbonyl (C=O) groups is 1. The summed E-state index contributed by atoms with van der Waals surface area (Å²) in [6.45, 7) is 12.8. The molecule has 0 atom stereocenters. The van der Waals surface area contributed by atoms with Gasteiger partial charge in [0.1, 0.15) is 0 Å². The van der Waals surface area contributed by atoms with E-state index in [1.807, 2.05) is 19.1 Å². The van der Waals surface area contributed by atoms with E-state index in [-0.39, 0.29) is 5.78 Å². The van der Waals surface area contributed by atoms with E-state index in [0.29, 0.717) is 6.42 Å². The molecule has 0 bridgehead atoms. The van der Waals surface area contributed by atoms with E-state index >= 15 is 0 Å². The quantitative estimate of drug-likeness (QED) is 0.771. The average molecular weight is 274 g/mol. The van der Waals surface area contributed by atoms with Crippen LogP contribution in [0.1, 0.15) is 34.8 Å². The fourth-order valence-corrected chi connectivity index (χ4v) is 2.85. The van der Waals surface area contributed by atoms with Gasteiger partial charge in [-0.2, -0.15) is 0 Å². The molecule has 0 amide bonds. The van der Waals surface area contributed by atoms with Crippen LogP contribution >= 0.6 is 0 Å². The van der Waals surface area contributed by atoms with Gasteiger partial charge in [0.25, 0.3) is 0 Å². The van der Waals surface area contributed by atoms with Crippen molar-refractivity contribution in [1.82, 2.24) is 9.80 Å². The standard InChI is InChI=1S/C17H26N2O/c1-4-18-9-11-19(12-10-18)8-7-17(20)16-6-5-14(2)13-15(16)3/h5-6,13H,4,7-12H2,1-3H3. The van der Waals surface area contributed by atoms with Gasteiger partial charge in [-0.15, -0.1) is 0 Å². The Kier molecular flexibility index (Phi) is 5.32. The molecule has 1 aromatic rings. The average Bonchev–Trinajstić information content (AvgIpc) is 2.45. The summed E-state index contributed by atoms with van der Waals surface area (Å²) in [5.41, 5.74) is 3.21. The molecule has 0 unspecified atom stereocenters. The zero-order valence-electron chi connectivity index (χ0n) is 13.0. The lowest BCUT2D eigenvalue weighted by Crippen LogP contribution is -2.46. The number of ketones is 1. The molecule has 0 aromatic heterocycles. The number of likely N-dealkylation sites (N-methyl/N-ethyl adjacent to an activating group) is 1. The number of hydrogen-bond acceptors (Lipinski definition) is 3. The zero-order chi connectivity index (χ0) is 14.5. The third-order valence-electron chi connectivity index (χ3n) is 4.25. The molecule has 1 aliphatic rings. The van der Waals surface area contributed by atoms with Crippen molar-refractivity contribution >= 4 is 5.78 Å². The summed E-state index contributed by atoms with van der Waals surface area (Å²) in [6, 6.07) is 6.09. The van der Waals surface area contributed by atoms with E-state index in [1.165, 1.54) is 5.56 Å². The SMILES string of the molecule is CCN1CCN(CCC(=O)c2ccc(C)cc2C)CC1. The fraction of sp³-hybridized carbons (Fsp3) is 0.588. The molecule has 3 heteroatoms. The van der Waals surface area contributed by atoms with Crippen molar-refractivity contribution < 1.29 is 4.79 Å². The smallest absolute Gasteiger partial charge is 0.164 e. The lowest BCUT2D eigenvalue weighted by atomic mass is 10.0. The Morgan fingerprint density at radius 2 is 1.75 bits per heavy atom. The number of carbonyl (C=O) groups excluding carboxylic acids is 1. The van der Waals surface area contributed by atoms with Crippen LogP contribution in [-0.4, -0.2) is 54.9 Å². The summed E-state index contributed by atoms with van der Waals surface area (Å²) in [5.74, 6) is 0.278. The maximum Gasteiger partial charge on any atom is 0.164 e. The summed E-state index contributed by atoms with van der Waals surface area (Å²) in [4.78, 5) is 17.2. The zero-order valence-corrected chi connectivity index (χ0v) is 13.0. The fourth-order valence-electron chi connectivity index (χ4n) is 2.85. The summed E-state index contributed by atoms with van der Waals surface area (Å²) in [5, 5.41) is 0. The molecule has 3 nitrogen and oxygen atoms in total. The molecule has 0 saturated carbocycles. The summed E-state index contributed by atoms with van der Waals surface area (Å²) in [6.07, 6.45) is 0.635. The Bertz CT molecular complexity index is 462. The molecule has 1 saturated heterocycles. The minimum absolute atomic E-state index is 0.278. The van der Waals surface area contributed by atoms with E-state index in [9.17, 15) is 4.79 Å². The number of aryl methyl sites for hydroxylation is 2. The number of piperazine rings is 1. The van der Waals surface area contributed by atoms with Gasteiger partial charge in [-0.05, 0) is 26.0 Å². The normalized spacial score (nSPS) is 17.4. The van der Waals surface area contributed by atoms with Gasteiger partial charge >= 0.3 is 0 Å². The molecule has 1 aromatic carbocycles. The molecule has 110 valence electrons. The first-order chi connectivity index (χ1) is 9.60. The molecule has 0 N–H and O–H groups in total. The van der Waals surface area contributed by atoms with E-state index in [1.54, 1.807) is 0 Å². The van der Waals surface area contributed by atoms with Crippen LogP contribution in [0.3, 0.4) is 0 Å². The van der Waals surface area contributed by atoms with Crippen molar-refractivity contribution in [2.75, 3.05) is 39.3 Å². The summed E-state index contributed by atoms with van der Waals surface area (Å²) >= 11 is 0. The highest BCUT2D eigenvalue weighted by Gasteiger charge is 2.17. The Labute approximate surface area is 122 Å². The van der Waals surface area contributed by atoms with Gasteiger partial charge in [0.15, 0.2) is 5.78 Å². The number of Topliss-reactive ketones (excluding diaryl/α,β-unsaturated/α-hetero) is 1. The topological polar surface area (TPSA) is 23.6 Å². The second kappa shape index (κ2) is 7.00. The largest absolute Gasteiger partial charge is 0.301 e. The number of nitrogens with zero attached hydrogens (tertiary/aromatic N) is 2. The second-order valence-electron chi connectivity index (χ2n) is 5.77. The molecule has 0 radical (unpaired) electrons. The minimum Gasteiger partial charge on any atom is -0.301 e. The van der Waals surface area contributed by atoms with Gasteiger partial charge in [0.2, 0.25) is 0 Å². The van der Waals surface area contributed by atoms with Crippen LogP contribution in [0, 0.1) is 13.8 Å². The molecule has 1 aliphatic heterocycles. The Morgan fingerprint density at radius 3 is 2.35 bits per heavy atom. The highest BCUT2D eigenvalue weighted by atomic mass is 16.1. The van der Waals surface area contributed by atoms with Crippen LogP contribution < -0.4 is 0 Å². The Morgan fingerprint density at radius 1 is 1.10 bits per heavy atom.